The van der Waals surface area contributed by atoms with Crippen LogP contribution in [0.5, 0.6) is 0 Å². The fraction of sp³-hybridized carbons (Fsp3) is 0. The van der Waals surface area contributed by atoms with E-state index in [0.29, 0.717) is 10.0 Å². The third-order valence-corrected chi connectivity index (χ3v) is 7.32. The first-order valence-corrected chi connectivity index (χ1v) is 9.48. The first kappa shape index (κ1) is 17.0. The Balaban J connectivity index is 2.50. The maximum Gasteiger partial charge on any atom is 0.249 e. The molecular formula is C13H9Cl2NO4S2. The Labute approximate surface area is 137 Å². The van der Waals surface area contributed by atoms with Crippen LogP contribution >= 0.6 is 23.2 Å². The largest absolute Gasteiger partial charge is 0.279 e. The molecular weight excluding hydrogens is 369 g/mol. The van der Waals surface area contributed by atoms with Crippen molar-refractivity contribution in [2.24, 2.45) is 0 Å². The number of halogens is 2. The molecule has 0 aliphatic heterocycles. The van der Waals surface area contributed by atoms with Gasteiger partial charge in [-0.05, 0) is 48.5 Å². The van der Waals surface area contributed by atoms with E-state index >= 15 is 0 Å². The van der Waals surface area contributed by atoms with Crippen molar-refractivity contribution in [3.8, 4) is 0 Å². The minimum Gasteiger partial charge on any atom is -0.279 e. The molecule has 0 heterocycles. The predicted octanol–water partition coefficient (Wildman–Crippen LogP) is 3.18. The van der Waals surface area contributed by atoms with Crippen molar-refractivity contribution < 1.29 is 16.8 Å². The highest BCUT2D eigenvalue weighted by molar-refractivity contribution is 8.31. The van der Waals surface area contributed by atoms with E-state index in [0.717, 1.165) is 24.3 Å². The molecule has 116 valence electrons. The van der Waals surface area contributed by atoms with Crippen molar-refractivity contribution in [2.75, 3.05) is 0 Å². The zero-order valence-corrected chi connectivity index (χ0v) is 14.0. The maximum atomic E-state index is 12.3. The molecule has 2 aromatic rings. The van der Waals surface area contributed by atoms with Gasteiger partial charge in [0.1, 0.15) is 0 Å². The van der Waals surface area contributed by atoms with Crippen LogP contribution in [0, 0.1) is 5.41 Å². The number of rotatable bonds is 2. The summed E-state index contributed by atoms with van der Waals surface area (Å²) in [7, 11) is -8.94. The van der Waals surface area contributed by atoms with Crippen molar-refractivity contribution >= 4 is 47.3 Å². The van der Waals surface area contributed by atoms with Crippen LogP contribution in [0.25, 0.3) is 0 Å². The summed E-state index contributed by atoms with van der Waals surface area (Å²) in [5.74, 6) is 0. The van der Waals surface area contributed by atoms with Crippen molar-refractivity contribution in [1.82, 2.24) is 0 Å². The van der Waals surface area contributed by atoms with Gasteiger partial charge in [0.05, 0.1) is 9.79 Å². The van der Waals surface area contributed by atoms with E-state index in [1.165, 1.54) is 24.3 Å². The van der Waals surface area contributed by atoms with E-state index < -0.39 is 24.1 Å². The first-order chi connectivity index (χ1) is 10.2. The highest BCUT2D eigenvalue weighted by atomic mass is 35.5. The van der Waals surface area contributed by atoms with Crippen LogP contribution in [0.3, 0.4) is 0 Å². The van der Waals surface area contributed by atoms with E-state index in [1.807, 2.05) is 0 Å². The molecule has 5 nitrogen and oxygen atoms in total. The SMILES string of the molecule is N=C(S(=O)(=O)c1ccc(Cl)cc1)S(=O)(=O)c1ccc(Cl)cc1. The fourth-order valence-electron chi connectivity index (χ4n) is 1.59. The molecule has 0 atom stereocenters. The topological polar surface area (TPSA) is 92.1 Å². The fourth-order valence-corrected chi connectivity index (χ4v) is 4.99. The molecule has 0 aliphatic carbocycles. The normalized spacial score (nSPS) is 12.1. The Kier molecular flexibility index (Phi) is 4.62. The second-order valence-electron chi connectivity index (χ2n) is 4.20. The van der Waals surface area contributed by atoms with Crippen LogP contribution < -0.4 is 0 Å². The summed E-state index contributed by atoms with van der Waals surface area (Å²) < 4.78 is 47.6. The number of hydrogen-bond acceptors (Lipinski definition) is 5. The molecule has 0 radical (unpaired) electrons. The Hall–Kier alpha value is -1.41. The molecule has 0 unspecified atom stereocenters. The first-order valence-electron chi connectivity index (χ1n) is 5.75. The molecule has 0 bridgehead atoms. The summed E-state index contributed by atoms with van der Waals surface area (Å²) in [4.78, 5) is -0.640. The van der Waals surface area contributed by atoms with Gasteiger partial charge in [0.15, 0.2) is 0 Å². The van der Waals surface area contributed by atoms with Crippen LogP contribution in [-0.4, -0.2) is 21.2 Å². The molecule has 9 heteroatoms. The standard InChI is InChI=1S/C13H9Cl2NO4S2/c14-9-1-5-11(6-2-9)21(17,18)13(16)22(19,20)12-7-3-10(15)4-8-12/h1-8,16H. The summed E-state index contributed by atoms with van der Waals surface area (Å²) in [6, 6.07) is 9.78. The molecule has 0 fully saturated rings. The number of nitrogens with one attached hydrogen (secondary N) is 1. The molecule has 1 N–H and O–H groups in total. The van der Waals surface area contributed by atoms with Gasteiger partial charge in [0, 0.05) is 10.0 Å². The predicted molar refractivity (Wildman–Crippen MR) is 85.0 cm³/mol. The zero-order valence-electron chi connectivity index (χ0n) is 10.8. The van der Waals surface area contributed by atoms with Gasteiger partial charge < -0.3 is 0 Å². The Morgan fingerprint density at radius 2 is 0.955 bits per heavy atom. The molecule has 0 spiro atoms. The van der Waals surface area contributed by atoms with Gasteiger partial charge in [-0.1, -0.05) is 23.2 Å². The molecule has 2 aromatic carbocycles. The van der Waals surface area contributed by atoms with Crippen molar-refractivity contribution in [3.05, 3.63) is 58.6 Å². The van der Waals surface area contributed by atoms with E-state index in [1.54, 1.807) is 0 Å². The summed E-state index contributed by atoms with van der Waals surface area (Å²) in [5, 5.41) is 8.23. The van der Waals surface area contributed by atoms with Gasteiger partial charge in [0.2, 0.25) is 24.1 Å². The quantitative estimate of drug-likeness (QED) is 0.642. The highest BCUT2D eigenvalue weighted by Crippen LogP contribution is 2.23. The summed E-state index contributed by atoms with van der Waals surface area (Å²) in [6.07, 6.45) is 0. The molecule has 0 aliphatic rings. The van der Waals surface area contributed by atoms with Crippen LogP contribution in [0.2, 0.25) is 10.0 Å². The van der Waals surface area contributed by atoms with Crippen molar-refractivity contribution in [2.45, 2.75) is 9.79 Å². The lowest BCUT2D eigenvalue weighted by atomic mass is 10.4. The van der Waals surface area contributed by atoms with Gasteiger partial charge >= 0.3 is 0 Å². The summed E-state index contributed by atoms with van der Waals surface area (Å²) >= 11 is 11.3. The second kappa shape index (κ2) is 6.00. The molecule has 0 aromatic heterocycles. The minimum atomic E-state index is -4.47. The number of benzene rings is 2. The van der Waals surface area contributed by atoms with Crippen LogP contribution in [0.4, 0.5) is 0 Å². The number of hydrogen-bond donors (Lipinski definition) is 1. The summed E-state index contributed by atoms with van der Waals surface area (Å²) in [5.41, 5.74) is 0. The zero-order chi connectivity index (χ0) is 16.5. The molecule has 2 rings (SSSR count). The second-order valence-corrected chi connectivity index (χ2v) is 9.11. The van der Waals surface area contributed by atoms with Gasteiger partial charge in [-0.25, -0.2) is 16.8 Å². The third kappa shape index (κ3) is 3.17. The van der Waals surface area contributed by atoms with Gasteiger partial charge in [0.25, 0.3) is 0 Å². The van der Waals surface area contributed by atoms with Gasteiger partial charge in [-0.3, -0.25) is 5.41 Å². The maximum absolute atomic E-state index is 12.3. The average Bonchev–Trinajstić information content (AvgIpc) is 2.47. The van der Waals surface area contributed by atoms with Crippen LogP contribution in [0.1, 0.15) is 0 Å². The van der Waals surface area contributed by atoms with Gasteiger partial charge in [-0.2, -0.15) is 0 Å². The minimum absolute atomic E-state index is 0.297. The van der Waals surface area contributed by atoms with E-state index in [9.17, 15) is 16.8 Å². The van der Waals surface area contributed by atoms with E-state index in [2.05, 4.69) is 0 Å². The molecule has 0 saturated carbocycles. The lowest BCUT2D eigenvalue weighted by Crippen LogP contribution is -2.24. The van der Waals surface area contributed by atoms with Crippen molar-refractivity contribution in [3.63, 3.8) is 0 Å². The molecule has 0 saturated heterocycles. The Bertz CT molecular complexity index is 842. The van der Waals surface area contributed by atoms with Crippen LogP contribution in [0.15, 0.2) is 58.3 Å². The summed E-state index contributed by atoms with van der Waals surface area (Å²) in [6.45, 7) is 0. The molecule has 0 amide bonds. The Morgan fingerprint density at radius 1 is 0.682 bits per heavy atom. The average molecular weight is 378 g/mol. The lowest BCUT2D eigenvalue weighted by Gasteiger charge is -2.08. The Morgan fingerprint density at radius 3 is 1.23 bits per heavy atom. The van der Waals surface area contributed by atoms with Crippen molar-refractivity contribution in [1.29, 1.82) is 5.41 Å². The van der Waals surface area contributed by atoms with E-state index in [4.69, 9.17) is 28.6 Å². The smallest absolute Gasteiger partial charge is 0.249 e. The lowest BCUT2D eigenvalue weighted by molar-refractivity contribution is 0.602. The monoisotopic (exact) mass is 377 g/mol. The third-order valence-electron chi connectivity index (χ3n) is 2.74. The van der Waals surface area contributed by atoms with Crippen LogP contribution in [-0.2, 0) is 19.7 Å². The number of sulfone groups is 2. The molecule has 22 heavy (non-hydrogen) atoms. The highest BCUT2D eigenvalue weighted by Gasteiger charge is 2.33. The van der Waals surface area contributed by atoms with Gasteiger partial charge in [-0.15, -0.1) is 0 Å². The van der Waals surface area contributed by atoms with E-state index in [-0.39, 0.29) is 9.79 Å².